The van der Waals surface area contributed by atoms with Crippen molar-refractivity contribution in [3.8, 4) is 11.4 Å². The van der Waals surface area contributed by atoms with Gasteiger partial charge in [0.15, 0.2) is 0 Å². The number of aromatic nitrogens is 3. The van der Waals surface area contributed by atoms with Gasteiger partial charge in [-0.25, -0.2) is 9.78 Å². The maximum Gasteiger partial charge on any atom is 0.355 e. The molecule has 12 heteroatoms. The molecule has 1 atom stereocenters. The number of ether oxygens (including phenoxy) is 2. The zero-order valence-corrected chi connectivity index (χ0v) is 22.3. The predicted octanol–water partition coefficient (Wildman–Crippen LogP) is 3.61. The Balaban J connectivity index is 1.55. The number of fused-ring (bicyclic) bond motifs is 5. The lowest BCUT2D eigenvalue weighted by Gasteiger charge is -2.35. The number of rotatable bonds is 7. The van der Waals surface area contributed by atoms with E-state index in [9.17, 15) is 24.5 Å². The van der Waals surface area contributed by atoms with Crippen LogP contribution in [0, 0.1) is 10.1 Å². The lowest BCUT2D eigenvalue weighted by molar-refractivity contribution is -0.383. The van der Waals surface area contributed by atoms with Crippen molar-refractivity contribution in [1.29, 1.82) is 0 Å². The van der Waals surface area contributed by atoms with E-state index in [1.54, 1.807) is 31.3 Å². The Morgan fingerprint density at radius 2 is 2.05 bits per heavy atom. The quantitative estimate of drug-likeness (QED) is 0.179. The first-order valence-corrected chi connectivity index (χ1v) is 13.1. The third-order valence-corrected chi connectivity index (χ3v) is 7.58. The van der Waals surface area contributed by atoms with E-state index in [0.717, 1.165) is 5.69 Å². The number of esters is 2. The zero-order chi connectivity index (χ0) is 28.9. The Kier molecular flexibility index (Phi) is 6.24. The maximum absolute atomic E-state index is 13.8. The van der Waals surface area contributed by atoms with Crippen LogP contribution in [0.2, 0.25) is 0 Å². The van der Waals surface area contributed by atoms with E-state index in [4.69, 9.17) is 14.5 Å². The second-order valence-electron chi connectivity index (χ2n) is 9.90. The second-order valence-corrected chi connectivity index (χ2v) is 9.90. The summed E-state index contributed by atoms with van der Waals surface area (Å²) < 4.78 is 12.4. The average molecular weight is 556 g/mol. The van der Waals surface area contributed by atoms with Crippen molar-refractivity contribution in [3.05, 3.63) is 91.5 Å². The molecule has 0 radical (unpaired) electrons. The Bertz CT molecular complexity index is 1820. The number of carbonyl (C=O) groups is 2. The van der Waals surface area contributed by atoms with Crippen molar-refractivity contribution >= 4 is 34.2 Å². The molecule has 1 aromatic carbocycles. The number of carbonyl (C=O) groups excluding carboxylic acids is 2. The van der Waals surface area contributed by atoms with Crippen LogP contribution in [-0.2, 0) is 44.2 Å². The van der Waals surface area contributed by atoms with Crippen molar-refractivity contribution in [2.24, 2.45) is 0 Å². The van der Waals surface area contributed by atoms with Crippen LogP contribution in [0.15, 0.2) is 53.5 Å². The largest absolute Gasteiger partial charge is 0.457 e. The minimum Gasteiger partial charge on any atom is -0.457 e. The molecule has 0 saturated carbocycles. The number of nitrogens with zero attached hydrogens (tertiary/aromatic N) is 4. The number of nitro groups is 1. The summed E-state index contributed by atoms with van der Waals surface area (Å²) in [4.78, 5) is 59.5. The van der Waals surface area contributed by atoms with E-state index >= 15 is 0 Å². The topological polar surface area (TPSA) is 156 Å². The lowest BCUT2D eigenvalue weighted by atomic mass is 9.85. The highest BCUT2D eigenvalue weighted by Gasteiger charge is 2.50. The van der Waals surface area contributed by atoms with Gasteiger partial charge in [0.05, 0.1) is 39.6 Å². The van der Waals surface area contributed by atoms with Gasteiger partial charge in [0, 0.05) is 49.0 Å². The SMILES string of the molecule is CC[C@@]1(OC(C)=O)C(=O)OCc2c1cc1n(c2=O)Cc2c-1nc1cccc([N+](=O)[O-])c1c2NCCc1ccccn1. The number of hydrogen-bond acceptors (Lipinski definition) is 10. The monoisotopic (exact) mass is 555 g/mol. The van der Waals surface area contributed by atoms with Gasteiger partial charge in [-0.05, 0) is 30.7 Å². The Hall–Kier alpha value is -5.13. The molecule has 41 heavy (non-hydrogen) atoms. The van der Waals surface area contributed by atoms with Gasteiger partial charge in [-0.3, -0.25) is 24.7 Å². The molecular formula is C29H25N5O7. The summed E-state index contributed by atoms with van der Waals surface area (Å²) in [5, 5.41) is 15.7. The molecule has 12 nitrogen and oxygen atoms in total. The van der Waals surface area contributed by atoms with E-state index in [1.807, 2.05) is 18.2 Å². The fourth-order valence-corrected chi connectivity index (χ4v) is 5.72. The van der Waals surface area contributed by atoms with Crippen molar-refractivity contribution in [2.75, 3.05) is 11.9 Å². The number of hydrogen-bond donors (Lipinski definition) is 1. The van der Waals surface area contributed by atoms with Crippen molar-refractivity contribution < 1.29 is 24.0 Å². The number of pyridine rings is 3. The van der Waals surface area contributed by atoms with Gasteiger partial charge in [0.1, 0.15) is 12.0 Å². The van der Waals surface area contributed by atoms with E-state index < -0.39 is 28.0 Å². The molecule has 0 spiro atoms. The van der Waals surface area contributed by atoms with Crippen LogP contribution in [0.25, 0.3) is 22.3 Å². The summed E-state index contributed by atoms with van der Waals surface area (Å²) in [7, 11) is 0. The molecule has 208 valence electrons. The van der Waals surface area contributed by atoms with E-state index in [0.29, 0.717) is 46.5 Å². The first-order chi connectivity index (χ1) is 19.7. The molecule has 0 amide bonds. The summed E-state index contributed by atoms with van der Waals surface area (Å²) in [5.41, 5.74) is 1.39. The fraction of sp³-hybridized carbons (Fsp3) is 0.276. The summed E-state index contributed by atoms with van der Waals surface area (Å²) >= 11 is 0. The van der Waals surface area contributed by atoms with Crippen LogP contribution in [0.1, 0.15) is 42.7 Å². The van der Waals surface area contributed by atoms with Crippen LogP contribution in [-0.4, -0.2) is 37.9 Å². The lowest BCUT2D eigenvalue weighted by Crippen LogP contribution is -2.47. The Labute approximate surface area is 233 Å². The molecule has 0 aliphatic carbocycles. The van der Waals surface area contributed by atoms with Gasteiger partial charge in [0.25, 0.3) is 11.2 Å². The predicted molar refractivity (Wildman–Crippen MR) is 147 cm³/mol. The summed E-state index contributed by atoms with van der Waals surface area (Å²) in [6.07, 6.45) is 2.32. The van der Waals surface area contributed by atoms with E-state index in [2.05, 4.69) is 10.3 Å². The summed E-state index contributed by atoms with van der Waals surface area (Å²) in [5.74, 6) is -1.43. The highest BCUT2D eigenvalue weighted by atomic mass is 16.6. The Morgan fingerprint density at radius 3 is 2.76 bits per heavy atom. The molecule has 2 aliphatic rings. The van der Waals surface area contributed by atoms with Crippen LogP contribution < -0.4 is 10.9 Å². The van der Waals surface area contributed by atoms with E-state index in [-0.39, 0.29) is 36.4 Å². The highest BCUT2D eigenvalue weighted by Crippen LogP contribution is 2.44. The van der Waals surface area contributed by atoms with Crippen LogP contribution >= 0.6 is 0 Å². The number of nitro benzene ring substituents is 1. The molecule has 6 rings (SSSR count). The second kappa shape index (κ2) is 9.81. The number of anilines is 1. The molecule has 0 fully saturated rings. The maximum atomic E-state index is 13.8. The average Bonchev–Trinajstić information content (AvgIpc) is 3.33. The fourth-order valence-electron chi connectivity index (χ4n) is 5.72. The van der Waals surface area contributed by atoms with Gasteiger partial charge in [-0.15, -0.1) is 0 Å². The smallest absolute Gasteiger partial charge is 0.355 e. The van der Waals surface area contributed by atoms with Gasteiger partial charge in [-0.1, -0.05) is 19.1 Å². The van der Waals surface area contributed by atoms with Crippen molar-refractivity contribution in [2.45, 2.75) is 45.4 Å². The number of cyclic esters (lactones) is 1. The van der Waals surface area contributed by atoms with Gasteiger partial charge >= 0.3 is 11.9 Å². The molecule has 4 aromatic rings. The normalized spacial score (nSPS) is 16.9. The van der Waals surface area contributed by atoms with Gasteiger partial charge < -0.3 is 19.4 Å². The zero-order valence-electron chi connectivity index (χ0n) is 22.3. The molecule has 2 aliphatic heterocycles. The minimum absolute atomic E-state index is 0.0613. The van der Waals surface area contributed by atoms with Crippen molar-refractivity contribution in [1.82, 2.24) is 14.5 Å². The molecule has 0 bridgehead atoms. The molecule has 0 saturated heterocycles. The first kappa shape index (κ1) is 26.1. The number of benzene rings is 1. The summed E-state index contributed by atoms with van der Waals surface area (Å²) in [6.45, 7) is 3.12. The molecule has 3 aromatic heterocycles. The van der Waals surface area contributed by atoms with Crippen molar-refractivity contribution in [3.63, 3.8) is 0 Å². The van der Waals surface area contributed by atoms with Gasteiger partial charge in [0.2, 0.25) is 5.60 Å². The van der Waals surface area contributed by atoms with Crippen LogP contribution in [0.3, 0.4) is 0 Å². The number of non-ortho nitro benzene ring substituents is 1. The summed E-state index contributed by atoms with van der Waals surface area (Å²) in [6, 6.07) is 11.9. The third kappa shape index (κ3) is 4.10. The van der Waals surface area contributed by atoms with Crippen LogP contribution in [0.4, 0.5) is 11.4 Å². The highest BCUT2D eigenvalue weighted by molar-refractivity contribution is 6.03. The molecular weight excluding hydrogens is 530 g/mol. The van der Waals surface area contributed by atoms with Gasteiger partial charge in [-0.2, -0.15) is 0 Å². The Morgan fingerprint density at radius 1 is 1.22 bits per heavy atom. The number of nitrogens with one attached hydrogen (secondary N) is 1. The minimum atomic E-state index is -1.77. The molecule has 0 unspecified atom stereocenters. The standard InChI is InChI=1S/C29H25N5O7/c1-3-29(41-16(2)35)20-13-23-25-18(14-33(23)27(36)19(20)15-40-28(29)37)26(31-12-10-17-7-4-5-11-30-17)24-21(32-25)8-6-9-22(24)34(38)39/h4-9,11,13H,3,10,12,14-15H2,1-2H3,(H,31,32)/t29-/m0/s1. The first-order valence-electron chi connectivity index (χ1n) is 13.1. The molecule has 1 N–H and O–H groups in total. The van der Waals surface area contributed by atoms with Crippen LogP contribution in [0.5, 0.6) is 0 Å². The molecule has 5 heterocycles. The third-order valence-electron chi connectivity index (χ3n) is 7.58. The van der Waals surface area contributed by atoms with E-state index in [1.165, 1.54) is 17.6 Å².